The second-order valence-corrected chi connectivity index (χ2v) is 5.40. The van der Waals surface area contributed by atoms with Gasteiger partial charge in [-0.1, -0.05) is 29.8 Å². The summed E-state index contributed by atoms with van der Waals surface area (Å²) in [6.45, 7) is 0. The normalized spacial score (nSPS) is 16.6. The average Bonchev–Trinajstić information content (AvgIpc) is 2.83. The van der Waals surface area contributed by atoms with E-state index in [1.165, 1.54) is 30.3 Å². The average molecular weight is 364 g/mol. The maximum Gasteiger partial charge on any atom is 0.355 e. The van der Waals surface area contributed by atoms with Crippen LogP contribution in [0.3, 0.4) is 0 Å². The maximum absolute atomic E-state index is 13.7. The first-order valence-corrected chi connectivity index (χ1v) is 7.45. The smallest absolute Gasteiger partial charge is 0.355 e. The lowest BCUT2D eigenvalue weighted by molar-refractivity contribution is -0.152. The lowest BCUT2D eigenvalue weighted by Crippen LogP contribution is -2.24. The highest BCUT2D eigenvalue weighted by molar-refractivity contribution is 6.42. The second-order valence-electron chi connectivity index (χ2n) is 5.03. The fraction of sp³-hybridized carbons (Fsp3) is 0.0588. The van der Waals surface area contributed by atoms with E-state index in [2.05, 4.69) is 5.32 Å². The third kappa shape index (κ3) is 3.56. The SMILES string of the molecule is O=C1OC(OC(=O)c2ccccc2F)C(Nc2cccc(O)c2)=C1Cl. The summed E-state index contributed by atoms with van der Waals surface area (Å²) in [5.74, 6) is -2.70. The van der Waals surface area contributed by atoms with Crippen LogP contribution >= 0.6 is 11.6 Å². The van der Waals surface area contributed by atoms with E-state index in [1.54, 1.807) is 12.1 Å². The molecular formula is C17H11ClFNO5. The zero-order valence-corrected chi connectivity index (χ0v) is 13.3. The maximum atomic E-state index is 13.7. The minimum atomic E-state index is -1.46. The quantitative estimate of drug-likeness (QED) is 0.812. The lowest BCUT2D eigenvalue weighted by Gasteiger charge is -2.16. The van der Waals surface area contributed by atoms with Gasteiger partial charge in [0.1, 0.15) is 17.3 Å². The number of benzene rings is 2. The molecule has 1 atom stereocenters. The van der Waals surface area contributed by atoms with Crippen molar-refractivity contribution in [2.75, 3.05) is 5.32 Å². The van der Waals surface area contributed by atoms with Crippen LogP contribution in [0.25, 0.3) is 0 Å². The second kappa shape index (κ2) is 6.82. The van der Waals surface area contributed by atoms with E-state index in [4.69, 9.17) is 21.1 Å². The van der Waals surface area contributed by atoms with Crippen molar-refractivity contribution in [2.45, 2.75) is 6.29 Å². The van der Waals surface area contributed by atoms with Crippen molar-refractivity contribution in [3.05, 3.63) is 70.6 Å². The highest BCUT2D eigenvalue weighted by Gasteiger charge is 2.37. The summed E-state index contributed by atoms with van der Waals surface area (Å²) in [6.07, 6.45) is -1.46. The summed E-state index contributed by atoms with van der Waals surface area (Å²) in [5, 5.41) is 11.9. The molecule has 0 saturated carbocycles. The molecule has 2 N–H and O–H groups in total. The highest BCUT2D eigenvalue weighted by atomic mass is 35.5. The van der Waals surface area contributed by atoms with E-state index in [0.29, 0.717) is 5.69 Å². The van der Waals surface area contributed by atoms with Gasteiger partial charge in [0.05, 0.1) is 5.56 Å². The van der Waals surface area contributed by atoms with Gasteiger partial charge in [-0.25, -0.2) is 14.0 Å². The van der Waals surface area contributed by atoms with E-state index in [-0.39, 0.29) is 22.0 Å². The van der Waals surface area contributed by atoms with Gasteiger partial charge in [-0.15, -0.1) is 0 Å². The number of hydrogen-bond acceptors (Lipinski definition) is 6. The van der Waals surface area contributed by atoms with Gasteiger partial charge in [0, 0.05) is 11.8 Å². The Balaban J connectivity index is 1.82. The largest absolute Gasteiger partial charge is 0.508 e. The van der Waals surface area contributed by atoms with Crippen molar-refractivity contribution in [1.82, 2.24) is 0 Å². The van der Waals surface area contributed by atoms with E-state index in [9.17, 15) is 19.1 Å². The third-order valence-electron chi connectivity index (χ3n) is 3.30. The van der Waals surface area contributed by atoms with Crippen LogP contribution in [0.4, 0.5) is 10.1 Å². The predicted molar refractivity (Wildman–Crippen MR) is 86.3 cm³/mol. The van der Waals surface area contributed by atoms with Crippen molar-refractivity contribution < 1.29 is 28.6 Å². The van der Waals surface area contributed by atoms with Gasteiger partial charge in [0.25, 0.3) is 6.29 Å². The van der Waals surface area contributed by atoms with E-state index in [1.807, 2.05) is 0 Å². The molecule has 8 heteroatoms. The fourth-order valence-corrected chi connectivity index (χ4v) is 2.33. The van der Waals surface area contributed by atoms with Gasteiger partial charge in [0.15, 0.2) is 5.03 Å². The Hall–Kier alpha value is -3.06. The number of phenols is 1. The summed E-state index contributed by atoms with van der Waals surface area (Å²) in [4.78, 5) is 23.8. The summed E-state index contributed by atoms with van der Waals surface area (Å²) >= 11 is 5.89. The number of anilines is 1. The fourth-order valence-electron chi connectivity index (χ4n) is 2.14. The molecule has 0 fully saturated rings. The Bertz CT molecular complexity index is 883. The van der Waals surface area contributed by atoms with Crippen LogP contribution in [0.5, 0.6) is 5.75 Å². The molecule has 0 radical (unpaired) electrons. The topological polar surface area (TPSA) is 84.9 Å². The van der Waals surface area contributed by atoms with Gasteiger partial charge < -0.3 is 19.9 Å². The molecule has 25 heavy (non-hydrogen) atoms. The van der Waals surface area contributed by atoms with Crippen molar-refractivity contribution >= 4 is 29.2 Å². The monoisotopic (exact) mass is 363 g/mol. The number of rotatable bonds is 4. The Morgan fingerprint density at radius 1 is 1.24 bits per heavy atom. The minimum Gasteiger partial charge on any atom is -0.508 e. The third-order valence-corrected chi connectivity index (χ3v) is 3.66. The summed E-state index contributed by atoms with van der Waals surface area (Å²) in [6, 6.07) is 11.2. The first kappa shape index (κ1) is 16.8. The Labute approximate surface area is 146 Å². The molecule has 0 spiro atoms. The number of esters is 2. The summed E-state index contributed by atoms with van der Waals surface area (Å²) < 4.78 is 23.6. The van der Waals surface area contributed by atoms with Crippen LogP contribution in [0.1, 0.15) is 10.4 Å². The molecule has 0 aromatic heterocycles. The first-order chi connectivity index (χ1) is 12.0. The van der Waals surface area contributed by atoms with Crippen LogP contribution in [0.15, 0.2) is 59.3 Å². The molecule has 1 aliphatic rings. The van der Waals surface area contributed by atoms with Crippen molar-refractivity contribution in [3.63, 3.8) is 0 Å². The first-order valence-electron chi connectivity index (χ1n) is 7.08. The molecule has 0 saturated heterocycles. The molecule has 0 bridgehead atoms. The van der Waals surface area contributed by atoms with Crippen LogP contribution in [-0.2, 0) is 14.3 Å². The van der Waals surface area contributed by atoms with Gasteiger partial charge in [-0.3, -0.25) is 0 Å². The number of halogens is 2. The number of ether oxygens (including phenoxy) is 2. The Morgan fingerprint density at radius 3 is 2.72 bits per heavy atom. The minimum absolute atomic E-state index is 0.0214. The summed E-state index contributed by atoms with van der Waals surface area (Å²) in [5.41, 5.74) is 0.0543. The molecule has 1 aliphatic heterocycles. The Kier molecular flexibility index (Phi) is 4.58. The zero-order chi connectivity index (χ0) is 18.0. The van der Waals surface area contributed by atoms with Crippen molar-refractivity contribution in [2.24, 2.45) is 0 Å². The lowest BCUT2D eigenvalue weighted by atomic mass is 10.2. The van der Waals surface area contributed by atoms with E-state index in [0.717, 1.165) is 6.07 Å². The molecule has 1 unspecified atom stereocenters. The number of phenolic OH excluding ortho intramolecular Hbond substituents is 1. The van der Waals surface area contributed by atoms with E-state index < -0.39 is 24.0 Å². The molecule has 2 aromatic carbocycles. The van der Waals surface area contributed by atoms with Gasteiger partial charge in [-0.2, -0.15) is 0 Å². The predicted octanol–water partition coefficient (Wildman–Crippen LogP) is 3.13. The van der Waals surface area contributed by atoms with Gasteiger partial charge >= 0.3 is 11.9 Å². The molecule has 6 nitrogen and oxygen atoms in total. The Morgan fingerprint density at radius 2 is 2.00 bits per heavy atom. The van der Waals surface area contributed by atoms with Gasteiger partial charge in [0.2, 0.25) is 0 Å². The number of aromatic hydroxyl groups is 1. The summed E-state index contributed by atoms with van der Waals surface area (Å²) in [7, 11) is 0. The number of nitrogens with one attached hydrogen (secondary N) is 1. The zero-order valence-electron chi connectivity index (χ0n) is 12.5. The number of hydrogen-bond donors (Lipinski definition) is 2. The molecule has 128 valence electrons. The molecular weight excluding hydrogens is 353 g/mol. The van der Waals surface area contributed by atoms with Crippen molar-refractivity contribution in [1.29, 1.82) is 0 Å². The number of carbonyl (C=O) groups excluding carboxylic acids is 2. The molecule has 0 aliphatic carbocycles. The van der Waals surface area contributed by atoms with Crippen LogP contribution in [0, 0.1) is 5.82 Å². The van der Waals surface area contributed by atoms with Crippen LogP contribution in [0.2, 0.25) is 0 Å². The highest BCUT2D eigenvalue weighted by Crippen LogP contribution is 2.29. The van der Waals surface area contributed by atoms with E-state index >= 15 is 0 Å². The van der Waals surface area contributed by atoms with Crippen LogP contribution < -0.4 is 5.32 Å². The number of carbonyl (C=O) groups is 2. The number of cyclic esters (lactones) is 1. The molecule has 3 rings (SSSR count). The molecule has 0 amide bonds. The standard InChI is InChI=1S/C17H11ClFNO5/c18-13-14(20-9-4-3-5-10(21)8-9)17(25-16(13)23)24-15(22)11-6-1-2-7-12(11)19/h1-8,17,20-21H. The van der Waals surface area contributed by atoms with Crippen molar-refractivity contribution in [3.8, 4) is 5.75 Å². The molecule has 2 aromatic rings. The molecule has 1 heterocycles. The van der Waals surface area contributed by atoms with Crippen LogP contribution in [-0.4, -0.2) is 23.3 Å². The van der Waals surface area contributed by atoms with Gasteiger partial charge in [-0.05, 0) is 24.3 Å².